The number of aliphatic hydroxyl groups is 1. The molecule has 4 saturated heterocycles. The number of hydrogen-bond donors (Lipinski definition) is 2. The zero-order valence-corrected chi connectivity index (χ0v) is 33.4. The molecule has 0 amide bonds. The Kier molecular flexibility index (Phi) is 12.1. The molecule has 4 aliphatic heterocycles. The van der Waals surface area contributed by atoms with Crippen molar-refractivity contribution in [2.24, 2.45) is 0 Å². The summed E-state index contributed by atoms with van der Waals surface area (Å²) in [6.45, 7) is 11.9. The van der Waals surface area contributed by atoms with Crippen molar-refractivity contribution in [3.05, 3.63) is 109 Å². The van der Waals surface area contributed by atoms with Crippen LogP contribution in [0.5, 0.6) is 0 Å². The van der Waals surface area contributed by atoms with E-state index < -0.39 is 0 Å². The number of hydrogen-bond acceptors (Lipinski definition) is 11. The topological polar surface area (TPSA) is 106 Å². The lowest BCUT2D eigenvalue weighted by molar-refractivity contribution is 0.0382. The molecule has 4 aliphatic rings. The Balaban J connectivity index is 0.000000151. The number of fused-ring (bicyclic) bond motifs is 2. The Bertz CT molecular complexity index is 2280. The van der Waals surface area contributed by atoms with Crippen LogP contribution in [0.1, 0.15) is 25.7 Å². The van der Waals surface area contributed by atoms with E-state index in [4.69, 9.17) is 14.7 Å². The first-order valence-electron chi connectivity index (χ1n) is 21.2. The molecule has 2 N–H and O–H groups in total. The molecule has 0 unspecified atom stereocenters. The molecule has 10 rings (SSSR count). The summed E-state index contributed by atoms with van der Waals surface area (Å²) in [5, 5.41) is 18.4. The Morgan fingerprint density at radius 1 is 0.603 bits per heavy atom. The minimum absolute atomic E-state index is 0.115. The van der Waals surface area contributed by atoms with Crippen LogP contribution in [-0.2, 0) is 4.74 Å². The maximum absolute atomic E-state index is 9.75. The second-order valence-electron chi connectivity index (χ2n) is 16.1. The summed E-state index contributed by atoms with van der Waals surface area (Å²) in [5.74, 6) is 1.66. The van der Waals surface area contributed by atoms with Crippen molar-refractivity contribution in [3.63, 3.8) is 0 Å². The highest BCUT2D eigenvalue weighted by Crippen LogP contribution is 2.28. The second-order valence-corrected chi connectivity index (χ2v) is 16.1. The molecule has 6 aromatic rings. The van der Waals surface area contributed by atoms with E-state index in [0.29, 0.717) is 12.1 Å². The van der Waals surface area contributed by atoms with Gasteiger partial charge in [0.05, 0.1) is 30.7 Å². The molecule has 0 spiro atoms. The van der Waals surface area contributed by atoms with Crippen LogP contribution in [0, 0.1) is 0 Å². The van der Waals surface area contributed by atoms with Gasteiger partial charge in [-0.2, -0.15) is 0 Å². The predicted molar refractivity (Wildman–Crippen MR) is 233 cm³/mol. The number of aromatic nitrogens is 4. The second kappa shape index (κ2) is 18.3. The lowest BCUT2D eigenvalue weighted by Crippen LogP contribution is -2.44. The molecule has 11 heteroatoms. The maximum atomic E-state index is 9.75. The van der Waals surface area contributed by atoms with Crippen molar-refractivity contribution in [2.75, 3.05) is 88.5 Å². The third-order valence-electron chi connectivity index (χ3n) is 12.3. The molecule has 58 heavy (non-hydrogen) atoms. The number of benzene rings is 4. The van der Waals surface area contributed by atoms with Crippen LogP contribution in [-0.4, -0.2) is 132 Å². The lowest BCUT2D eigenvalue weighted by Gasteiger charge is -2.34. The van der Waals surface area contributed by atoms with Crippen molar-refractivity contribution < 1.29 is 9.84 Å². The zero-order chi connectivity index (χ0) is 39.1. The maximum Gasteiger partial charge on any atom is 0.225 e. The molecule has 11 nitrogen and oxygen atoms in total. The van der Waals surface area contributed by atoms with Crippen molar-refractivity contribution in [2.45, 2.75) is 43.9 Å². The summed E-state index contributed by atoms with van der Waals surface area (Å²) in [5.41, 5.74) is 4.22. The molecule has 0 saturated carbocycles. The van der Waals surface area contributed by atoms with Gasteiger partial charge in [-0.05, 0) is 71.5 Å². The molecule has 4 fully saturated rings. The van der Waals surface area contributed by atoms with Gasteiger partial charge in [0, 0.05) is 101 Å². The average molecular weight is 778 g/mol. The number of nitrogens with zero attached hydrogens (tertiary/aromatic N) is 8. The highest BCUT2D eigenvalue weighted by Gasteiger charge is 2.31. The number of morpholine rings is 1. The van der Waals surface area contributed by atoms with Crippen molar-refractivity contribution in [1.29, 1.82) is 0 Å². The molecular formula is C47H55N9O2. The van der Waals surface area contributed by atoms with Gasteiger partial charge in [-0.15, -0.1) is 0 Å². The first-order valence-corrected chi connectivity index (χ1v) is 21.2. The van der Waals surface area contributed by atoms with Gasteiger partial charge in [0.15, 0.2) is 0 Å². The zero-order valence-electron chi connectivity index (χ0n) is 33.4. The number of anilines is 2. The summed E-state index contributed by atoms with van der Waals surface area (Å²) in [7, 11) is 0. The van der Waals surface area contributed by atoms with E-state index in [2.05, 4.69) is 120 Å². The van der Waals surface area contributed by atoms with Crippen LogP contribution in [0.25, 0.3) is 44.1 Å². The third kappa shape index (κ3) is 9.30. The normalized spacial score (nSPS) is 20.8. The standard InChI is InChI=1S/C24H29N5O.C23H26N4O/c1-2-4-20-17-21(6-5-19(20)3-1)23-7-9-26-24(27-23)29-11-8-22(18-29)25-10-12-28-13-15-30-16-14-28;28-21-9-13-26(14-10-21)20-8-12-27(16-20)23-24-11-7-22(25-23)19-6-5-17-3-1-2-4-18(17)15-19/h1-7,9,17,22,25H,8,10-16,18H2;1-7,11,15,20-21,28H,8-10,12-14,16H2/t22-;20-/m00/s1. The van der Waals surface area contributed by atoms with Crippen LogP contribution in [0.2, 0.25) is 0 Å². The fourth-order valence-electron chi connectivity index (χ4n) is 8.85. The number of ether oxygens (including phenoxy) is 1. The van der Waals surface area contributed by atoms with Gasteiger partial charge in [0.25, 0.3) is 0 Å². The molecule has 6 heterocycles. The van der Waals surface area contributed by atoms with Gasteiger partial charge in [-0.1, -0.05) is 72.8 Å². The lowest BCUT2D eigenvalue weighted by atomic mass is 10.1. The first-order chi connectivity index (χ1) is 28.6. The fourth-order valence-corrected chi connectivity index (χ4v) is 8.85. The summed E-state index contributed by atoms with van der Waals surface area (Å²) < 4.78 is 5.42. The minimum atomic E-state index is -0.115. The molecular weight excluding hydrogens is 723 g/mol. The van der Waals surface area contributed by atoms with Crippen LogP contribution in [0.15, 0.2) is 109 Å². The number of nitrogens with one attached hydrogen (secondary N) is 1. The molecule has 2 atom stereocenters. The van der Waals surface area contributed by atoms with Crippen molar-refractivity contribution in [1.82, 2.24) is 35.1 Å². The van der Waals surface area contributed by atoms with Gasteiger partial charge < -0.3 is 25.0 Å². The van der Waals surface area contributed by atoms with E-state index in [-0.39, 0.29) is 6.10 Å². The van der Waals surface area contributed by atoms with Gasteiger partial charge in [0.2, 0.25) is 11.9 Å². The van der Waals surface area contributed by atoms with Crippen LogP contribution < -0.4 is 15.1 Å². The number of likely N-dealkylation sites (tertiary alicyclic amines) is 1. The quantitative estimate of drug-likeness (QED) is 0.177. The van der Waals surface area contributed by atoms with E-state index in [0.717, 1.165) is 139 Å². The third-order valence-corrected chi connectivity index (χ3v) is 12.3. The Hall–Kier alpha value is -5.04. The van der Waals surface area contributed by atoms with E-state index >= 15 is 0 Å². The monoisotopic (exact) mass is 777 g/mol. The SMILES string of the molecule is OC1CCN([C@H]2CCN(c3nccc(-c4ccc5ccccc5c4)n3)C2)CC1.c1ccc2cc(-c3ccnc(N4CC[C@H](NCCN5CCOCC5)C4)n3)ccc2c1. The van der Waals surface area contributed by atoms with E-state index in [1.54, 1.807) is 0 Å². The van der Waals surface area contributed by atoms with Gasteiger partial charge in [0.1, 0.15) is 0 Å². The molecule has 0 radical (unpaired) electrons. The van der Waals surface area contributed by atoms with E-state index in [9.17, 15) is 5.11 Å². The average Bonchev–Trinajstić information content (AvgIpc) is 3.98. The van der Waals surface area contributed by atoms with E-state index in [1.807, 2.05) is 24.5 Å². The van der Waals surface area contributed by atoms with E-state index in [1.165, 1.54) is 21.5 Å². The van der Waals surface area contributed by atoms with Gasteiger partial charge in [-0.3, -0.25) is 9.80 Å². The summed E-state index contributed by atoms with van der Waals surface area (Å²) in [4.78, 5) is 28.5. The summed E-state index contributed by atoms with van der Waals surface area (Å²) in [6, 6.07) is 34.9. The Labute approximate surface area is 341 Å². The highest BCUT2D eigenvalue weighted by molar-refractivity contribution is 5.87. The first kappa shape index (κ1) is 38.5. The number of aliphatic hydroxyl groups excluding tert-OH is 1. The van der Waals surface area contributed by atoms with Gasteiger partial charge >= 0.3 is 0 Å². The molecule has 300 valence electrons. The van der Waals surface area contributed by atoms with Crippen molar-refractivity contribution in [3.8, 4) is 22.5 Å². The largest absolute Gasteiger partial charge is 0.393 e. The molecule has 2 aromatic heterocycles. The predicted octanol–water partition coefficient (Wildman–Crippen LogP) is 6.13. The molecule has 4 aromatic carbocycles. The summed E-state index contributed by atoms with van der Waals surface area (Å²) >= 11 is 0. The van der Waals surface area contributed by atoms with Gasteiger partial charge in [-0.25, -0.2) is 19.9 Å². The minimum Gasteiger partial charge on any atom is -0.393 e. The highest BCUT2D eigenvalue weighted by atomic mass is 16.5. The van der Waals surface area contributed by atoms with Crippen LogP contribution in [0.3, 0.4) is 0 Å². The molecule has 0 aliphatic carbocycles. The fraction of sp³-hybridized carbons (Fsp3) is 0.404. The Morgan fingerprint density at radius 3 is 1.79 bits per heavy atom. The molecule has 0 bridgehead atoms. The van der Waals surface area contributed by atoms with Crippen molar-refractivity contribution >= 4 is 33.4 Å². The summed E-state index contributed by atoms with van der Waals surface area (Å²) in [6.07, 6.45) is 7.70. The Morgan fingerprint density at radius 2 is 1.17 bits per heavy atom. The number of piperidine rings is 1. The van der Waals surface area contributed by atoms with Crippen LogP contribution >= 0.6 is 0 Å². The van der Waals surface area contributed by atoms with Crippen LogP contribution in [0.4, 0.5) is 11.9 Å². The number of rotatable bonds is 9. The smallest absolute Gasteiger partial charge is 0.225 e.